The molecular formula is C9H6F3NO2. The molecule has 0 saturated heterocycles. The first kappa shape index (κ1) is 11.2. The Morgan fingerprint density at radius 2 is 1.93 bits per heavy atom. The van der Waals surface area contributed by atoms with Gasteiger partial charge in [-0.3, -0.25) is 4.79 Å². The lowest BCUT2D eigenvalue weighted by molar-refractivity contribution is -0.274. The lowest BCUT2D eigenvalue weighted by atomic mass is 10.1. The number of hydrogen-bond acceptors (Lipinski definition) is 3. The van der Waals surface area contributed by atoms with E-state index in [-0.39, 0.29) is 5.56 Å². The highest BCUT2D eigenvalue weighted by Gasteiger charge is 2.32. The zero-order chi connectivity index (χ0) is 11.5. The summed E-state index contributed by atoms with van der Waals surface area (Å²) in [5, 5.41) is 6.66. The van der Waals surface area contributed by atoms with Gasteiger partial charge >= 0.3 is 6.36 Å². The van der Waals surface area contributed by atoms with Crippen molar-refractivity contribution in [2.24, 2.45) is 0 Å². The summed E-state index contributed by atoms with van der Waals surface area (Å²) in [4.78, 5) is 11.0. The molecule has 0 aliphatic carbocycles. The molecule has 1 rings (SSSR count). The van der Waals surface area contributed by atoms with E-state index in [9.17, 15) is 18.0 Å². The Morgan fingerprint density at radius 3 is 2.47 bits per heavy atom. The second kappa shape index (κ2) is 4.12. The molecule has 1 N–H and O–H groups in total. The predicted octanol–water partition coefficient (Wildman–Crippen LogP) is 2.42. The Morgan fingerprint density at radius 1 is 1.33 bits per heavy atom. The first-order valence-corrected chi connectivity index (χ1v) is 3.83. The molecule has 0 heterocycles. The SMILES string of the molecule is N=CC(=O)c1ccccc1OC(F)(F)F. The molecule has 0 saturated carbocycles. The number of para-hydroxylation sites is 1. The van der Waals surface area contributed by atoms with E-state index >= 15 is 0 Å². The molecule has 0 amide bonds. The van der Waals surface area contributed by atoms with Crippen LogP contribution in [0.5, 0.6) is 5.75 Å². The molecule has 0 fully saturated rings. The van der Waals surface area contributed by atoms with Crippen LogP contribution in [0.4, 0.5) is 13.2 Å². The molecule has 0 radical (unpaired) electrons. The zero-order valence-electron chi connectivity index (χ0n) is 7.34. The number of alkyl halides is 3. The number of rotatable bonds is 3. The molecule has 0 spiro atoms. The molecule has 1 aromatic rings. The quantitative estimate of drug-likeness (QED) is 0.624. The summed E-state index contributed by atoms with van der Waals surface area (Å²) < 4.78 is 39.3. The van der Waals surface area contributed by atoms with Crippen LogP contribution in [-0.4, -0.2) is 18.4 Å². The molecule has 0 aliphatic heterocycles. The number of carbonyl (C=O) groups excluding carboxylic acids is 1. The fourth-order valence-electron chi connectivity index (χ4n) is 0.962. The van der Waals surface area contributed by atoms with Crippen molar-refractivity contribution in [1.82, 2.24) is 0 Å². The maximum atomic E-state index is 11.9. The van der Waals surface area contributed by atoms with Crippen LogP contribution in [0, 0.1) is 5.41 Å². The molecular weight excluding hydrogens is 211 g/mol. The van der Waals surface area contributed by atoms with E-state index in [1.54, 1.807) is 0 Å². The summed E-state index contributed by atoms with van der Waals surface area (Å²) in [5.41, 5.74) is -0.287. The topological polar surface area (TPSA) is 50.2 Å². The van der Waals surface area contributed by atoms with Crippen LogP contribution in [0.15, 0.2) is 24.3 Å². The second-order valence-electron chi connectivity index (χ2n) is 2.55. The predicted molar refractivity (Wildman–Crippen MR) is 46.2 cm³/mol. The summed E-state index contributed by atoms with van der Waals surface area (Å²) in [7, 11) is 0. The van der Waals surface area contributed by atoms with Gasteiger partial charge in [0, 0.05) is 0 Å². The van der Waals surface area contributed by atoms with E-state index in [1.807, 2.05) is 0 Å². The molecule has 0 unspecified atom stereocenters. The Hall–Kier alpha value is -1.85. The van der Waals surface area contributed by atoms with Crippen molar-refractivity contribution in [3.05, 3.63) is 29.8 Å². The summed E-state index contributed by atoms with van der Waals surface area (Å²) >= 11 is 0. The fourth-order valence-corrected chi connectivity index (χ4v) is 0.962. The highest BCUT2D eigenvalue weighted by molar-refractivity contribution is 6.35. The maximum absolute atomic E-state index is 11.9. The fraction of sp³-hybridized carbons (Fsp3) is 0.111. The summed E-state index contributed by atoms with van der Waals surface area (Å²) in [6.07, 6.45) is -4.42. The van der Waals surface area contributed by atoms with Crippen molar-refractivity contribution in [2.45, 2.75) is 6.36 Å². The van der Waals surface area contributed by atoms with E-state index in [1.165, 1.54) is 12.1 Å². The van der Waals surface area contributed by atoms with Gasteiger partial charge in [-0.1, -0.05) is 12.1 Å². The molecule has 80 valence electrons. The van der Waals surface area contributed by atoms with Crippen molar-refractivity contribution in [1.29, 1.82) is 5.41 Å². The first-order chi connectivity index (χ1) is 6.94. The van der Waals surface area contributed by atoms with Gasteiger partial charge < -0.3 is 10.1 Å². The number of ether oxygens (including phenoxy) is 1. The molecule has 0 aromatic heterocycles. The number of carbonyl (C=O) groups is 1. The number of halogens is 3. The highest BCUT2D eigenvalue weighted by Crippen LogP contribution is 2.26. The smallest absolute Gasteiger partial charge is 0.405 e. The normalized spacial score (nSPS) is 10.9. The average molecular weight is 217 g/mol. The number of benzene rings is 1. The van der Waals surface area contributed by atoms with Gasteiger partial charge in [0.2, 0.25) is 5.78 Å². The molecule has 1 aromatic carbocycles. The van der Waals surface area contributed by atoms with E-state index in [2.05, 4.69) is 4.74 Å². The van der Waals surface area contributed by atoms with Crippen LogP contribution >= 0.6 is 0 Å². The molecule has 15 heavy (non-hydrogen) atoms. The van der Waals surface area contributed by atoms with Crippen molar-refractivity contribution in [2.75, 3.05) is 0 Å². The van der Waals surface area contributed by atoms with Crippen LogP contribution in [-0.2, 0) is 0 Å². The number of hydrogen-bond donors (Lipinski definition) is 1. The molecule has 0 aliphatic rings. The summed E-state index contributed by atoms with van der Waals surface area (Å²) in [6, 6.07) is 4.88. The third kappa shape index (κ3) is 3.08. The van der Waals surface area contributed by atoms with Gasteiger partial charge in [-0.2, -0.15) is 0 Å². The van der Waals surface area contributed by atoms with Crippen LogP contribution in [0.25, 0.3) is 0 Å². The maximum Gasteiger partial charge on any atom is 0.573 e. The van der Waals surface area contributed by atoms with Gasteiger partial charge in [-0.05, 0) is 12.1 Å². The minimum atomic E-state index is -4.85. The van der Waals surface area contributed by atoms with Crippen molar-refractivity contribution >= 4 is 12.0 Å². The van der Waals surface area contributed by atoms with E-state index in [0.717, 1.165) is 12.1 Å². The largest absolute Gasteiger partial charge is 0.573 e. The van der Waals surface area contributed by atoms with Crippen molar-refractivity contribution in [3.8, 4) is 5.75 Å². The van der Waals surface area contributed by atoms with Gasteiger partial charge in [0.25, 0.3) is 0 Å². The molecule has 0 bridgehead atoms. The lowest BCUT2D eigenvalue weighted by Crippen LogP contribution is -2.19. The summed E-state index contributed by atoms with van der Waals surface area (Å²) in [5.74, 6) is -1.44. The van der Waals surface area contributed by atoms with E-state index in [0.29, 0.717) is 6.21 Å². The second-order valence-corrected chi connectivity index (χ2v) is 2.55. The molecule has 3 nitrogen and oxygen atoms in total. The number of ketones is 1. The Kier molecular flexibility index (Phi) is 3.08. The average Bonchev–Trinajstić information content (AvgIpc) is 2.15. The van der Waals surface area contributed by atoms with E-state index < -0.39 is 17.9 Å². The minimum absolute atomic E-state index is 0.287. The highest BCUT2D eigenvalue weighted by atomic mass is 19.4. The van der Waals surface area contributed by atoms with Gasteiger partial charge in [0.15, 0.2) is 0 Å². The lowest BCUT2D eigenvalue weighted by Gasteiger charge is -2.10. The Bertz CT molecular complexity index is 387. The standard InChI is InChI=1S/C9H6F3NO2/c10-9(11,12)15-8-4-2-1-3-6(8)7(14)5-13/h1-5,13H. The Labute approximate surface area is 83.0 Å². The first-order valence-electron chi connectivity index (χ1n) is 3.83. The summed E-state index contributed by atoms with van der Waals surface area (Å²) in [6.45, 7) is 0. The van der Waals surface area contributed by atoms with Crippen LogP contribution < -0.4 is 4.74 Å². The van der Waals surface area contributed by atoms with Gasteiger partial charge in [-0.15, -0.1) is 13.2 Å². The van der Waals surface area contributed by atoms with Gasteiger partial charge in [-0.25, -0.2) is 0 Å². The van der Waals surface area contributed by atoms with Gasteiger partial charge in [0.05, 0.1) is 11.8 Å². The zero-order valence-corrected chi connectivity index (χ0v) is 7.34. The number of Topliss-reactive ketones (excluding diaryl/α,β-unsaturated/α-hetero) is 1. The number of nitrogens with one attached hydrogen (secondary N) is 1. The monoisotopic (exact) mass is 217 g/mol. The third-order valence-electron chi connectivity index (χ3n) is 1.51. The van der Waals surface area contributed by atoms with Crippen LogP contribution in [0.1, 0.15) is 10.4 Å². The Balaban J connectivity index is 3.07. The third-order valence-corrected chi connectivity index (χ3v) is 1.51. The molecule has 0 atom stereocenters. The van der Waals surface area contributed by atoms with Crippen LogP contribution in [0.3, 0.4) is 0 Å². The van der Waals surface area contributed by atoms with Crippen molar-refractivity contribution < 1.29 is 22.7 Å². The minimum Gasteiger partial charge on any atom is -0.405 e. The molecule has 6 heteroatoms. The van der Waals surface area contributed by atoms with Gasteiger partial charge in [0.1, 0.15) is 5.75 Å². The van der Waals surface area contributed by atoms with Crippen LogP contribution in [0.2, 0.25) is 0 Å². The van der Waals surface area contributed by atoms with E-state index in [4.69, 9.17) is 5.41 Å². The van der Waals surface area contributed by atoms with Crippen molar-refractivity contribution in [3.63, 3.8) is 0 Å².